The van der Waals surface area contributed by atoms with Crippen LogP contribution in [-0.4, -0.2) is 53.2 Å². The fourth-order valence-corrected chi connectivity index (χ4v) is 4.07. The number of hydrogen-bond donors (Lipinski definition) is 2. The van der Waals surface area contributed by atoms with Crippen LogP contribution in [0.2, 0.25) is 0 Å². The van der Waals surface area contributed by atoms with Gasteiger partial charge in [-0.25, -0.2) is 0 Å². The minimum atomic E-state index is -4.81. The molecule has 14 nitrogen and oxygen atoms in total. The molecule has 2 N–H and O–H groups in total. The van der Waals surface area contributed by atoms with Crippen molar-refractivity contribution in [2.24, 2.45) is 0 Å². The van der Waals surface area contributed by atoms with Gasteiger partial charge in [0, 0.05) is 0 Å². The van der Waals surface area contributed by atoms with Crippen LogP contribution in [0.1, 0.15) is 0 Å². The molecule has 0 saturated carbocycles. The minimum absolute atomic E-state index is 3.49. The molecule has 3 heterocycles. The highest BCUT2D eigenvalue weighted by Gasteiger charge is 2.90. The largest absolute Gasteiger partial charge is 0.409 e. The lowest BCUT2D eigenvalue weighted by Crippen LogP contribution is -2.85. The topological polar surface area (TPSA) is 198 Å². The molecule has 0 aromatic rings. The van der Waals surface area contributed by atoms with E-state index >= 15 is 0 Å². The van der Waals surface area contributed by atoms with E-state index in [1.165, 1.54) is 0 Å². The number of rotatable bonds is 2. The summed E-state index contributed by atoms with van der Waals surface area (Å²) in [7, 11) is -14.3. The van der Waals surface area contributed by atoms with Gasteiger partial charge in [-0.05, 0) is 0 Å². The third kappa shape index (κ3) is 1.67. The van der Waals surface area contributed by atoms with E-state index in [0.717, 1.165) is 0 Å². The fourth-order valence-electron chi connectivity index (χ4n) is 1.49. The molecule has 0 aliphatic carbocycles. The molecule has 3 aliphatic rings. The highest BCUT2D eigenvalue weighted by molar-refractivity contribution is 7.84. The van der Waals surface area contributed by atoms with Crippen molar-refractivity contribution in [2.75, 3.05) is 0 Å². The Balaban J connectivity index is 2.01. The predicted molar refractivity (Wildman–Crippen MR) is 45.9 cm³/mol. The molecule has 3 fully saturated rings. The van der Waals surface area contributed by atoms with Crippen LogP contribution < -0.4 is 0 Å². The van der Waals surface area contributed by atoms with Crippen LogP contribution in [0.4, 0.5) is 0 Å². The summed E-state index contributed by atoms with van der Waals surface area (Å²) in [5.41, 5.74) is 0. The highest BCUT2D eigenvalue weighted by Crippen LogP contribution is 2.57. The summed E-state index contributed by atoms with van der Waals surface area (Å²) in [6.45, 7) is 0. The van der Waals surface area contributed by atoms with E-state index in [9.17, 15) is 35.5 Å². The van der Waals surface area contributed by atoms with E-state index in [-0.39, 0.29) is 0 Å². The van der Waals surface area contributed by atoms with Crippen molar-refractivity contribution in [3.8, 4) is 0 Å². The van der Waals surface area contributed by atoms with Crippen LogP contribution in [0.5, 0.6) is 0 Å². The Morgan fingerprint density at radius 1 is 0.550 bits per heavy atom. The summed E-state index contributed by atoms with van der Waals surface area (Å²) in [6, 6.07) is 0. The molecule has 0 spiro atoms. The van der Waals surface area contributed by atoms with E-state index < -0.39 is 48.9 Å². The van der Waals surface area contributed by atoms with E-state index in [2.05, 4.69) is 25.1 Å². The number of aliphatic hydroxyl groups is 2. The highest BCUT2D eigenvalue weighted by atomic mass is 32.3. The zero-order valence-electron chi connectivity index (χ0n) is 8.52. The molecule has 0 aromatic heterocycles. The predicted octanol–water partition coefficient (Wildman–Crippen LogP) is -4.15. The van der Waals surface area contributed by atoms with Crippen molar-refractivity contribution >= 4 is 31.2 Å². The summed E-state index contributed by atoms with van der Waals surface area (Å²) >= 11 is 0. The van der Waals surface area contributed by atoms with Crippen LogP contribution in [0.3, 0.4) is 0 Å². The fraction of sp³-hybridized carbons (Fsp3) is 1.00. The van der Waals surface area contributed by atoms with E-state index in [1.807, 2.05) is 0 Å². The Morgan fingerprint density at radius 3 is 1.00 bits per heavy atom. The molecule has 3 saturated heterocycles. The van der Waals surface area contributed by atoms with Crippen molar-refractivity contribution in [1.29, 1.82) is 0 Å². The van der Waals surface area contributed by atoms with Gasteiger partial charge in [-0.1, -0.05) is 0 Å². The third-order valence-electron chi connectivity index (χ3n) is 2.13. The Hall–Kier alpha value is -0.470. The zero-order valence-corrected chi connectivity index (χ0v) is 11.0. The molecule has 0 aromatic carbocycles. The molecule has 20 heavy (non-hydrogen) atoms. The molecule has 0 unspecified atom stereocenters. The second-order valence-corrected chi connectivity index (χ2v) is 6.95. The van der Waals surface area contributed by atoms with Gasteiger partial charge in [0.15, 0.2) is 0 Å². The maximum atomic E-state index is 10.8. The van der Waals surface area contributed by atoms with Gasteiger partial charge in [-0.15, -0.1) is 0 Å². The summed E-state index contributed by atoms with van der Waals surface area (Å²) in [6.07, 6.45) is 0. The maximum Gasteiger partial charge on any atom is 0.409 e. The van der Waals surface area contributed by atoms with Crippen LogP contribution in [-0.2, 0) is 56.3 Å². The van der Waals surface area contributed by atoms with Gasteiger partial charge in [0.05, 0.1) is 0 Å². The smallest absolute Gasteiger partial charge is 0.337 e. The first-order valence-electron chi connectivity index (χ1n) is 4.17. The van der Waals surface area contributed by atoms with Gasteiger partial charge in [0.2, 0.25) is 0 Å². The minimum Gasteiger partial charge on any atom is -0.337 e. The van der Waals surface area contributed by atoms with E-state index in [1.54, 1.807) is 0 Å². The first-order valence-corrected chi connectivity index (χ1v) is 8.17. The van der Waals surface area contributed by atoms with Gasteiger partial charge in [-0.2, -0.15) is 50.4 Å². The quantitative estimate of drug-likeness (QED) is 0.482. The maximum absolute atomic E-state index is 10.8. The van der Waals surface area contributed by atoms with Crippen molar-refractivity contribution < 1.29 is 60.6 Å². The lowest BCUT2D eigenvalue weighted by atomic mass is 10.2. The zero-order chi connectivity index (χ0) is 15.2. The lowest BCUT2D eigenvalue weighted by Gasteiger charge is -2.55. The van der Waals surface area contributed by atoms with Crippen LogP contribution >= 0.6 is 0 Å². The van der Waals surface area contributed by atoms with Gasteiger partial charge in [0.1, 0.15) is 0 Å². The second-order valence-electron chi connectivity index (χ2n) is 3.50. The van der Waals surface area contributed by atoms with Gasteiger partial charge in [-0.3, -0.25) is 0 Å². The second kappa shape index (κ2) is 3.30. The molecule has 0 amide bonds. The van der Waals surface area contributed by atoms with E-state index in [0.29, 0.717) is 0 Å². The van der Waals surface area contributed by atoms with Crippen LogP contribution in [0.25, 0.3) is 0 Å². The Kier molecular flexibility index (Phi) is 2.39. The molecular weight excluding hydrogens is 356 g/mol. The summed E-state index contributed by atoms with van der Waals surface area (Å²) in [4.78, 5) is 0. The van der Waals surface area contributed by atoms with Crippen LogP contribution in [0.15, 0.2) is 0 Å². The standard InChI is InChI=1S/C3H2O14S3/c4-2(14-19(8,9)15-2)1(12-18(6,7)13-1)3(5)16-20(10,11)17-3/h4-5H. The first-order chi connectivity index (χ1) is 8.74. The van der Waals surface area contributed by atoms with Crippen molar-refractivity contribution in [1.82, 2.24) is 0 Å². The summed E-state index contributed by atoms with van der Waals surface area (Å²) in [5.74, 6) is -10.6. The molecule has 0 radical (unpaired) electrons. The third-order valence-corrected chi connectivity index (χ3v) is 4.73. The normalized spacial score (nSPS) is 36.9. The average Bonchev–Trinajstić information content (AvgIpc) is 2.05. The van der Waals surface area contributed by atoms with Gasteiger partial charge < -0.3 is 10.2 Å². The molecule has 3 rings (SSSR count). The van der Waals surface area contributed by atoms with Crippen molar-refractivity contribution in [3.63, 3.8) is 0 Å². The monoisotopic (exact) mass is 358 g/mol. The molecule has 116 valence electrons. The summed E-state index contributed by atoms with van der Waals surface area (Å²) < 4.78 is 87.3. The molecule has 3 aliphatic heterocycles. The average molecular weight is 358 g/mol. The SMILES string of the molecule is O=S1(=O)OC(O)(C2(C3(O)OS(=O)(=O)O3)OS(=O)(=O)O2)O1. The lowest BCUT2D eigenvalue weighted by molar-refractivity contribution is -0.556. The van der Waals surface area contributed by atoms with Gasteiger partial charge >= 0.3 is 48.9 Å². The van der Waals surface area contributed by atoms with Crippen molar-refractivity contribution in [3.05, 3.63) is 0 Å². The molecule has 0 atom stereocenters. The first kappa shape index (κ1) is 14.5. The van der Waals surface area contributed by atoms with E-state index in [4.69, 9.17) is 0 Å². The number of hydrogen-bond acceptors (Lipinski definition) is 14. The van der Waals surface area contributed by atoms with Crippen LogP contribution in [0, 0.1) is 0 Å². The Labute approximate surface area is 110 Å². The Bertz CT molecular complexity index is 697. The molecule has 17 heteroatoms. The molecular formula is C3H2O14S3. The van der Waals surface area contributed by atoms with Crippen molar-refractivity contribution in [2.45, 2.75) is 17.7 Å². The Morgan fingerprint density at radius 2 is 0.800 bits per heavy atom. The van der Waals surface area contributed by atoms with Gasteiger partial charge in [0.25, 0.3) is 0 Å². The molecule has 0 bridgehead atoms. The summed E-state index contributed by atoms with van der Waals surface area (Å²) in [5, 5.41) is 19.1.